The van der Waals surface area contributed by atoms with Gasteiger partial charge in [-0.25, -0.2) is 0 Å². The predicted molar refractivity (Wildman–Crippen MR) is 37.2 cm³/mol. The third-order valence-electron chi connectivity index (χ3n) is 1.19. The lowest BCUT2D eigenvalue weighted by molar-refractivity contribution is 0.463. The molecule has 0 aromatic carbocycles. The van der Waals surface area contributed by atoms with Crippen molar-refractivity contribution in [1.29, 1.82) is 0 Å². The van der Waals surface area contributed by atoms with E-state index in [1.807, 2.05) is 0 Å². The van der Waals surface area contributed by atoms with Crippen molar-refractivity contribution in [3.63, 3.8) is 0 Å². The molecule has 0 unspecified atom stereocenters. The first-order chi connectivity index (χ1) is 3.62. The lowest BCUT2D eigenvalue weighted by atomic mass is 9.90. The van der Waals surface area contributed by atoms with Gasteiger partial charge in [0.05, 0.1) is 0 Å². The van der Waals surface area contributed by atoms with Crippen molar-refractivity contribution in [2.75, 3.05) is 0 Å². The third kappa shape index (κ3) is 2.69. The molecule has 0 heteroatoms. The Labute approximate surface area is 52.3 Å². The second-order valence-corrected chi connectivity index (χ2v) is 2.63. The SMILES string of the molecule is C#CC(C)(C)CC[CH2]. The van der Waals surface area contributed by atoms with Crippen molar-refractivity contribution in [2.45, 2.75) is 26.7 Å². The van der Waals surface area contributed by atoms with Crippen molar-refractivity contribution < 1.29 is 0 Å². The van der Waals surface area contributed by atoms with Crippen molar-refractivity contribution >= 4 is 0 Å². The van der Waals surface area contributed by atoms with Crippen LogP contribution in [0.2, 0.25) is 0 Å². The van der Waals surface area contributed by atoms with Crippen molar-refractivity contribution in [1.82, 2.24) is 0 Å². The van der Waals surface area contributed by atoms with E-state index < -0.39 is 0 Å². The minimum atomic E-state index is 0.0573. The fourth-order valence-electron chi connectivity index (χ4n) is 0.514. The molecule has 0 aliphatic rings. The molecule has 0 rings (SSSR count). The molecule has 0 N–H and O–H groups in total. The first kappa shape index (κ1) is 7.56. The molecule has 45 valence electrons. The molecule has 0 atom stereocenters. The number of hydrogen-bond acceptors (Lipinski definition) is 0. The molecule has 0 amide bonds. The van der Waals surface area contributed by atoms with E-state index >= 15 is 0 Å². The summed E-state index contributed by atoms with van der Waals surface area (Å²) in [6.45, 7) is 7.83. The van der Waals surface area contributed by atoms with Crippen LogP contribution in [0.1, 0.15) is 26.7 Å². The average molecular weight is 109 g/mol. The lowest BCUT2D eigenvalue weighted by Gasteiger charge is -2.14. The van der Waals surface area contributed by atoms with Gasteiger partial charge < -0.3 is 0 Å². The summed E-state index contributed by atoms with van der Waals surface area (Å²) in [6.07, 6.45) is 7.16. The third-order valence-corrected chi connectivity index (χ3v) is 1.19. The summed E-state index contributed by atoms with van der Waals surface area (Å²) in [5.74, 6) is 2.70. The molecule has 0 fully saturated rings. The first-order valence-corrected chi connectivity index (χ1v) is 2.89. The van der Waals surface area contributed by atoms with Gasteiger partial charge in [0.1, 0.15) is 0 Å². The van der Waals surface area contributed by atoms with Crippen LogP contribution in [0.25, 0.3) is 0 Å². The van der Waals surface area contributed by atoms with E-state index in [2.05, 4.69) is 26.7 Å². The maximum absolute atomic E-state index is 5.21. The molecule has 0 aromatic heterocycles. The van der Waals surface area contributed by atoms with E-state index in [1.165, 1.54) is 0 Å². The summed E-state index contributed by atoms with van der Waals surface area (Å²) in [5, 5.41) is 0. The second kappa shape index (κ2) is 2.77. The molecule has 0 heterocycles. The Morgan fingerprint density at radius 2 is 2.12 bits per heavy atom. The fraction of sp³-hybridized carbons (Fsp3) is 0.625. The van der Waals surface area contributed by atoms with Crippen LogP contribution in [0, 0.1) is 24.7 Å². The van der Waals surface area contributed by atoms with Gasteiger partial charge >= 0.3 is 0 Å². The summed E-state index contributed by atoms with van der Waals surface area (Å²) in [4.78, 5) is 0. The molecule has 0 aliphatic carbocycles. The van der Waals surface area contributed by atoms with Gasteiger partial charge in [-0.15, -0.1) is 12.3 Å². The molecule has 0 aliphatic heterocycles. The highest BCUT2D eigenvalue weighted by Gasteiger charge is 2.10. The molecule has 0 spiro atoms. The topological polar surface area (TPSA) is 0 Å². The van der Waals surface area contributed by atoms with Gasteiger partial charge in [0.2, 0.25) is 0 Å². The molecule has 0 saturated carbocycles. The zero-order valence-corrected chi connectivity index (χ0v) is 5.70. The van der Waals surface area contributed by atoms with E-state index in [1.54, 1.807) is 0 Å². The Kier molecular flexibility index (Phi) is 2.62. The highest BCUT2D eigenvalue weighted by Crippen LogP contribution is 2.19. The Balaban J connectivity index is 3.59. The van der Waals surface area contributed by atoms with Crippen molar-refractivity contribution in [2.24, 2.45) is 5.41 Å². The molecular formula is C8H13. The summed E-state index contributed by atoms with van der Waals surface area (Å²) in [6, 6.07) is 0. The van der Waals surface area contributed by atoms with E-state index in [-0.39, 0.29) is 5.41 Å². The van der Waals surface area contributed by atoms with E-state index in [4.69, 9.17) is 6.42 Å². The lowest BCUT2D eigenvalue weighted by Crippen LogP contribution is -2.05. The number of rotatable bonds is 2. The van der Waals surface area contributed by atoms with E-state index in [0.717, 1.165) is 12.8 Å². The normalized spacial score (nSPS) is 10.8. The molecule has 1 radical (unpaired) electrons. The molecule has 0 aromatic rings. The second-order valence-electron chi connectivity index (χ2n) is 2.63. The Hall–Kier alpha value is -0.440. The van der Waals surface area contributed by atoms with E-state index in [9.17, 15) is 0 Å². The minimum absolute atomic E-state index is 0.0573. The van der Waals surface area contributed by atoms with Crippen LogP contribution >= 0.6 is 0 Å². The number of terminal acetylenes is 1. The first-order valence-electron chi connectivity index (χ1n) is 2.89. The van der Waals surface area contributed by atoms with Gasteiger partial charge in [0.15, 0.2) is 0 Å². The standard InChI is InChI=1S/C8H13/c1-5-7-8(3,4)6-2/h2H,1,5,7H2,3-4H3. The van der Waals surface area contributed by atoms with Gasteiger partial charge in [-0.1, -0.05) is 13.3 Å². The Bertz CT molecular complexity index is 93.1. The average Bonchev–Trinajstić information content (AvgIpc) is 1.67. The van der Waals surface area contributed by atoms with Crippen molar-refractivity contribution in [3.8, 4) is 12.3 Å². The highest BCUT2D eigenvalue weighted by molar-refractivity contribution is 4.99. The minimum Gasteiger partial charge on any atom is -0.120 e. The van der Waals surface area contributed by atoms with Gasteiger partial charge in [-0.2, -0.15) is 0 Å². The molecular weight excluding hydrogens is 96.1 g/mol. The quantitative estimate of drug-likeness (QED) is 0.477. The van der Waals surface area contributed by atoms with Gasteiger partial charge in [-0.3, -0.25) is 0 Å². The van der Waals surface area contributed by atoms with Gasteiger partial charge in [0, 0.05) is 5.41 Å². The van der Waals surface area contributed by atoms with Crippen LogP contribution in [0.4, 0.5) is 0 Å². The van der Waals surface area contributed by atoms with Crippen molar-refractivity contribution in [3.05, 3.63) is 6.92 Å². The smallest absolute Gasteiger partial charge is 0.0255 e. The zero-order valence-electron chi connectivity index (χ0n) is 5.70. The van der Waals surface area contributed by atoms with E-state index in [0.29, 0.717) is 0 Å². The maximum Gasteiger partial charge on any atom is 0.0255 e. The maximum atomic E-state index is 5.21. The highest BCUT2D eigenvalue weighted by atomic mass is 14.1. The van der Waals surface area contributed by atoms with Crippen LogP contribution < -0.4 is 0 Å². The van der Waals surface area contributed by atoms with Gasteiger partial charge in [0.25, 0.3) is 0 Å². The Morgan fingerprint density at radius 3 is 2.25 bits per heavy atom. The van der Waals surface area contributed by atoms with Gasteiger partial charge in [-0.05, 0) is 20.3 Å². The van der Waals surface area contributed by atoms with Crippen LogP contribution in [0.5, 0.6) is 0 Å². The summed E-state index contributed by atoms with van der Waals surface area (Å²) >= 11 is 0. The summed E-state index contributed by atoms with van der Waals surface area (Å²) in [7, 11) is 0. The largest absolute Gasteiger partial charge is 0.120 e. The number of hydrogen-bond donors (Lipinski definition) is 0. The van der Waals surface area contributed by atoms with Crippen LogP contribution in [-0.4, -0.2) is 0 Å². The monoisotopic (exact) mass is 109 g/mol. The van der Waals surface area contributed by atoms with Crippen LogP contribution in [-0.2, 0) is 0 Å². The predicted octanol–water partition coefficient (Wildman–Crippen LogP) is 2.26. The molecule has 0 nitrogen and oxygen atoms in total. The summed E-state index contributed by atoms with van der Waals surface area (Å²) in [5.41, 5.74) is 0.0573. The Morgan fingerprint density at radius 1 is 1.62 bits per heavy atom. The molecule has 0 saturated heterocycles. The van der Waals surface area contributed by atoms with Crippen LogP contribution in [0.3, 0.4) is 0 Å². The molecule has 8 heavy (non-hydrogen) atoms. The summed E-state index contributed by atoms with van der Waals surface area (Å²) < 4.78 is 0. The van der Waals surface area contributed by atoms with Crippen LogP contribution in [0.15, 0.2) is 0 Å². The fourth-order valence-corrected chi connectivity index (χ4v) is 0.514. The molecule has 0 bridgehead atoms. The zero-order chi connectivity index (χ0) is 6.62.